The van der Waals surface area contributed by atoms with Gasteiger partial charge in [0.1, 0.15) is 18.1 Å². The SMILES string of the molecule is Cc1ccc(OC[NH2+]/C(=C/c2cccs2)CONCc2cccnc2)cc1. The first kappa shape index (κ1) is 19.3. The van der Waals surface area contributed by atoms with Gasteiger partial charge < -0.3 is 4.74 Å². The molecule has 3 aromatic rings. The molecule has 5 nitrogen and oxygen atoms in total. The number of aromatic nitrogens is 1. The number of hydrogen-bond acceptors (Lipinski definition) is 5. The van der Waals surface area contributed by atoms with E-state index in [1.807, 2.05) is 54.0 Å². The number of aryl methyl sites for hydroxylation is 1. The molecule has 0 saturated carbocycles. The largest absolute Gasteiger partial charge is 0.445 e. The van der Waals surface area contributed by atoms with E-state index in [0.717, 1.165) is 17.0 Å². The Balaban J connectivity index is 1.49. The zero-order chi connectivity index (χ0) is 18.7. The standard InChI is InChI=1S/C21H23N3O2S/c1-17-6-8-20(9-7-17)25-16-23-19(12-21-5-3-11-27-21)15-26-24-14-18-4-2-10-22-13-18/h2-13,23-24H,14-16H2,1H3/p+1/b19-12+. The fourth-order valence-electron chi connectivity index (χ4n) is 2.37. The van der Waals surface area contributed by atoms with E-state index in [1.54, 1.807) is 17.5 Å². The number of pyridine rings is 1. The van der Waals surface area contributed by atoms with Gasteiger partial charge in [-0.3, -0.25) is 15.1 Å². The van der Waals surface area contributed by atoms with Gasteiger partial charge in [0, 0.05) is 29.9 Å². The third kappa shape index (κ3) is 6.96. The van der Waals surface area contributed by atoms with Crippen LogP contribution in [0.5, 0.6) is 5.75 Å². The molecule has 0 aliphatic rings. The predicted octanol–water partition coefficient (Wildman–Crippen LogP) is 3.11. The molecule has 27 heavy (non-hydrogen) atoms. The van der Waals surface area contributed by atoms with Crippen LogP contribution in [0.2, 0.25) is 0 Å². The van der Waals surface area contributed by atoms with Crippen LogP contribution in [0.3, 0.4) is 0 Å². The Morgan fingerprint density at radius 3 is 2.81 bits per heavy atom. The Bertz CT molecular complexity index is 818. The minimum absolute atomic E-state index is 0.454. The number of thiophene rings is 1. The van der Waals surface area contributed by atoms with Crippen LogP contribution in [0.1, 0.15) is 16.0 Å². The highest BCUT2D eigenvalue weighted by Gasteiger charge is 2.05. The summed E-state index contributed by atoms with van der Waals surface area (Å²) >= 11 is 1.70. The van der Waals surface area contributed by atoms with Gasteiger partial charge in [0.15, 0.2) is 0 Å². The molecule has 2 heterocycles. The minimum atomic E-state index is 0.454. The van der Waals surface area contributed by atoms with Crippen molar-refractivity contribution in [1.82, 2.24) is 10.5 Å². The number of rotatable bonds is 10. The van der Waals surface area contributed by atoms with Crippen LogP contribution < -0.4 is 15.5 Å². The lowest BCUT2D eigenvalue weighted by atomic mass is 10.2. The molecule has 3 N–H and O–H groups in total. The second kappa shape index (κ2) is 10.6. The molecule has 0 fully saturated rings. The van der Waals surface area contributed by atoms with Crippen molar-refractivity contribution in [1.29, 1.82) is 0 Å². The zero-order valence-corrected chi connectivity index (χ0v) is 16.1. The number of benzene rings is 1. The Labute approximate surface area is 163 Å². The van der Waals surface area contributed by atoms with Gasteiger partial charge in [-0.15, -0.1) is 11.3 Å². The fraction of sp³-hybridized carbons (Fsp3) is 0.190. The smallest absolute Gasteiger partial charge is 0.225 e. The molecule has 0 aliphatic heterocycles. The van der Waals surface area contributed by atoms with Crippen molar-refractivity contribution in [2.45, 2.75) is 13.5 Å². The van der Waals surface area contributed by atoms with Crippen LogP contribution in [-0.2, 0) is 11.4 Å². The van der Waals surface area contributed by atoms with Gasteiger partial charge in [-0.05, 0) is 42.1 Å². The molecule has 0 aliphatic carbocycles. The first-order valence-corrected chi connectivity index (χ1v) is 9.68. The van der Waals surface area contributed by atoms with E-state index in [4.69, 9.17) is 9.57 Å². The Hall–Kier alpha value is -2.51. The molecule has 0 unspecified atom stereocenters. The van der Waals surface area contributed by atoms with Crippen LogP contribution in [0.25, 0.3) is 6.08 Å². The third-order valence-electron chi connectivity index (χ3n) is 3.83. The Morgan fingerprint density at radius 2 is 2.07 bits per heavy atom. The lowest BCUT2D eigenvalue weighted by molar-refractivity contribution is -0.636. The van der Waals surface area contributed by atoms with E-state index in [9.17, 15) is 0 Å². The maximum Gasteiger partial charge on any atom is 0.225 e. The number of hydrogen-bond donors (Lipinski definition) is 2. The van der Waals surface area contributed by atoms with Crippen LogP contribution in [0, 0.1) is 6.92 Å². The van der Waals surface area contributed by atoms with E-state index < -0.39 is 0 Å². The number of nitrogens with one attached hydrogen (secondary N) is 1. The van der Waals surface area contributed by atoms with Crippen molar-refractivity contribution in [3.8, 4) is 5.75 Å². The van der Waals surface area contributed by atoms with Crippen molar-refractivity contribution in [2.24, 2.45) is 0 Å². The number of quaternary nitrogens is 1. The van der Waals surface area contributed by atoms with Crippen LogP contribution in [0.15, 0.2) is 72.0 Å². The molecular weight excluding hydrogens is 358 g/mol. The summed E-state index contributed by atoms with van der Waals surface area (Å²) in [5.41, 5.74) is 6.34. The van der Waals surface area contributed by atoms with Gasteiger partial charge in [-0.25, -0.2) is 0 Å². The molecule has 1 aromatic carbocycles. The number of nitrogens with two attached hydrogens (primary N) is 1. The molecule has 0 amide bonds. The number of hydroxylamine groups is 1. The van der Waals surface area contributed by atoms with Gasteiger partial charge in [0.05, 0.1) is 0 Å². The molecule has 3 rings (SSSR count). The predicted molar refractivity (Wildman–Crippen MR) is 108 cm³/mol. The molecule has 6 heteroatoms. The van der Waals surface area contributed by atoms with Crippen molar-refractivity contribution in [3.63, 3.8) is 0 Å². The first-order chi connectivity index (χ1) is 13.3. The summed E-state index contributed by atoms with van der Waals surface area (Å²) in [5, 5.41) is 4.11. The van der Waals surface area contributed by atoms with Gasteiger partial charge in [0.2, 0.25) is 6.73 Å². The first-order valence-electron chi connectivity index (χ1n) is 8.80. The van der Waals surface area contributed by atoms with E-state index in [-0.39, 0.29) is 0 Å². The van der Waals surface area contributed by atoms with Gasteiger partial charge >= 0.3 is 0 Å². The monoisotopic (exact) mass is 382 g/mol. The van der Waals surface area contributed by atoms with Crippen LogP contribution in [-0.4, -0.2) is 18.3 Å². The topological polar surface area (TPSA) is 60.0 Å². The highest BCUT2D eigenvalue weighted by atomic mass is 32.1. The lowest BCUT2D eigenvalue weighted by Crippen LogP contribution is -2.84. The van der Waals surface area contributed by atoms with E-state index in [1.165, 1.54) is 10.4 Å². The molecule has 0 radical (unpaired) electrons. The molecule has 140 valence electrons. The summed E-state index contributed by atoms with van der Waals surface area (Å²) in [6.07, 6.45) is 5.70. The molecule has 0 saturated heterocycles. The summed E-state index contributed by atoms with van der Waals surface area (Å²) in [7, 11) is 0. The summed E-state index contributed by atoms with van der Waals surface area (Å²) in [5.74, 6) is 0.864. The third-order valence-corrected chi connectivity index (χ3v) is 4.65. The van der Waals surface area contributed by atoms with Crippen LogP contribution in [0.4, 0.5) is 0 Å². The average molecular weight is 383 g/mol. The van der Waals surface area contributed by atoms with Crippen molar-refractivity contribution in [2.75, 3.05) is 13.3 Å². The Morgan fingerprint density at radius 1 is 1.19 bits per heavy atom. The Kier molecular flexibility index (Phi) is 7.56. The summed E-state index contributed by atoms with van der Waals surface area (Å²) in [6, 6.07) is 16.1. The normalized spacial score (nSPS) is 11.5. The maximum absolute atomic E-state index is 5.81. The van der Waals surface area contributed by atoms with Gasteiger partial charge in [0.25, 0.3) is 0 Å². The fourth-order valence-corrected chi connectivity index (χ4v) is 3.06. The average Bonchev–Trinajstić information content (AvgIpc) is 3.20. The molecule has 0 atom stereocenters. The molecule has 0 bridgehead atoms. The van der Waals surface area contributed by atoms with Crippen molar-refractivity contribution < 1.29 is 14.9 Å². The zero-order valence-electron chi connectivity index (χ0n) is 15.3. The van der Waals surface area contributed by atoms with E-state index in [2.05, 4.69) is 34.9 Å². The summed E-state index contributed by atoms with van der Waals surface area (Å²) in [4.78, 5) is 10.9. The van der Waals surface area contributed by atoms with Gasteiger partial charge in [-0.2, -0.15) is 5.48 Å². The minimum Gasteiger partial charge on any atom is -0.445 e. The number of ether oxygens (including phenoxy) is 1. The van der Waals surface area contributed by atoms with Crippen LogP contribution >= 0.6 is 11.3 Å². The van der Waals surface area contributed by atoms with E-state index >= 15 is 0 Å². The highest BCUT2D eigenvalue weighted by molar-refractivity contribution is 7.10. The van der Waals surface area contributed by atoms with Gasteiger partial charge in [-0.1, -0.05) is 29.8 Å². The second-order valence-electron chi connectivity index (χ2n) is 6.03. The second-order valence-corrected chi connectivity index (χ2v) is 7.01. The lowest BCUT2D eigenvalue weighted by Gasteiger charge is -2.09. The quantitative estimate of drug-likeness (QED) is 0.321. The van der Waals surface area contributed by atoms with Crippen molar-refractivity contribution >= 4 is 17.4 Å². The molecule has 2 aromatic heterocycles. The molecule has 0 spiro atoms. The molecular formula is C21H24N3O2S+. The van der Waals surface area contributed by atoms with Crippen molar-refractivity contribution in [3.05, 3.63) is 88.0 Å². The summed E-state index contributed by atoms with van der Waals surface area (Å²) < 4.78 is 5.81. The maximum atomic E-state index is 5.81. The van der Waals surface area contributed by atoms with E-state index in [0.29, 0.717) is 19.9 Å². The number of nitrogens with zero attached hydrogens (tertiary/aromatic N) is 1. The summed E-state index contributed by atoms with van der Waals surface area (Å²) in [6.45, 7) is 3.62. The highest BCUT2D eigenvalue weighted by Crippen LogP contribution is 2.12.